The highest BCUT2D eigenvalue weighted by Gasteiger charge is 2.47. The standard InChI is InChI=1S/C34H52S2Si2/c1-19(2)37(20(3)4,21(5)6)31-17-27-25(13)15-30-29(33(27)35-31)16-26(14)28-18-32(36-34(28)30)38(22(7)8,23(9)10)24(11)12/h15-24H,1-14H3. The van der Waals surface area contributed by atoms with Crippen molar-refractivity contribution in [1.29, 1.82) is 0 Å². The Kier molecular flexibility index (Phi) is 8.27. The SMILES string of the molecule is Cc1cc2c(cc(C)c3cc([Si](C(C)C)(C(C)C)C(C)C)sc32)c2sc([Si](C(C)C)(C(C)C)C(C)C)cc12. The molecule has 4 heteroatoms. The van der Waals surface area contributed by atoms with Crippen LogP contribution in [0.4, 0.5) is 0 Å². The van der Waals surface area contributed by atoms with Crippen molar-refractivity contribution in [2.45, 2.75) is 130 Å². The molecule has 0 nitrogen and oxygen atoms in total. The Morgan fingerprint density at radius 1 is 0.421 bits per heavy atom. The Labute approximate surface area is 243 Å². The lowest BCUT2D eigenvalue weighted by atomic mass is 10.00. The first-order chi connectivity index (χ1) is 17.6. The fourth-order valence-corrected chi connectivity index (χ4v) is 29.5. The van der Waals surface area contributed by atoms with Gasteiger partial charge in [0.1, 0.15) is 16.1 Å². The largest absolute Gasteiger partial charge is 0.144 e. The van der Waals surface area contributed by atoms with E-state index >= 15 is 0 Å². The molecule has 2 aromatic carbocycles. The molecule has 0 fully saturated rings. The second-order valence-electron chi connectivity index (χ2n) is 14.0. The van der Waals surface area contributed by atoms with Crippen molar-refractivity contribution in [2.24, 2.45) is 0 Å². The maximum Gasteiger partial charge on any atom is 0.107 e. The number of hydrogen-bond donors (Lipinski definition) is 0. The van der Waals surface area contributed by atoms with Crippen LogP contribution in [0.3, 0.4) is 0 Å². The van der Waals surface area contributed by atoms with E-state index in [0.29, 0.717) is 0 Å². The van der Waals surface area contributed by atoms with Crippen LogP contribution in [-0.4, -0.2) is 16.1 Å². The molecule has 0 saturated heterocycles. The van der Waals surface area contributed by atoms with Gasteiger partial charge in [0.05, 0.1) is 0 Å². The second kappa shape index (κ2) is 10.5. The molecule has 0 bridgehead atoms. The molecule has 0 unspecified atom stereocenters. The van der Waals surface area contributed by atoms with E-state index in [1.165, 1.54) is 42.1 Å². The molecule has 38 heavy (non-hydrogen) atoms. The normalized spacial score (nSPS) is 13.9. The van der Waals surface area contributed by atoms with Gasteiger partial charge in [-0.25, -0.2) is 0 Å². The quantitative estimate of drug-likeness (QED) is 0.182. The summed E-state index contributed by atoms with van der Waals surface area (Å²) in [5, 5.41) is 5.99. The monoisotopic (exact) mass is 580 g/mol. The number of benzene rings is 2. The summed E-state index contributed by atoms with van der Waals surface area (Å²) in [6, 6.07) is 10.3. The molecular formula is C34H52S2Si2. The summed E-state index contributed by atoms with van der Waals surface area (Å²) in [5.74, 6) is 0. The van der Waals surface area contributed by atoms with Gasteiger partial charge < -0.3 is 0 Å². The highest BCUT2D eigenvalue weighted by atomic mass is 32.1. The summed E-state index contributed by atoms with van der Waals surface area (Å²) >= 11 is 4.30. The first-order valence-electron chi connectivity index (χ1n) is 15.0. The van der Waals surface area contributed by atoms with Gasteiger partial charge in [-0.2, -0.15) is 0 Å². The lowest BCUT2D eigenvalue weighted by Crippen LogP contribution is -2.54. The molecule has 4 aromatic rings. The summed E-state index contributed by atoms with van der Waals surface area (Å²) in [4.78, 5) is 0. The number of thiophene rings is 2. The van der Waals surface area contributed by atoms with E-state index in [2.05, 4.69) is 144 Å². The van der Waals surface area contributed by atoms with E-state index in [9.17, 15) is 0 Å². The van der Waals surface area contributed by atoms with Crippen molar-refractivity contribution in [1.82, 2.24) is 0 Å². The summed E-state index contributed by atoms with van der Waals surface area (Å²) in [6.45, 7) is 34.7. The zero-order valence-electron chi connectivity index (χ0n) is 26.6. The minimum atomic E-state index is -1.70. The number of rotatable bonds is 8. The van der Waals surface area contributed by atoms with Gasteiger partial charge in [-0.3, -0.25) is 0 Å². The van der Waals surface area contributed by atoms with Crippen molar-refractivity contribution in [2.75, 3.05) is 0 Å². The summed E-state index contributed by atoms with van der Waals surface area (Å²) < 4.78 is 6.51. The zero-order chi connectivity index (χ0) is 28.5. The Morgan fingerprint density at radius 2 is 0.684 bits per heavy atom. The molecular weight excluding hydrogens is 529 g/mol. The number of hydrogen-bond acceptors (Lipinski definition) is 2. The Bertz CT molecular complexity index is 1310. The van der Waals surface area contributed by atoms with Crippen LogP contribution in [0.25, 0.3) is 30.9 Å². The topological polar surface area (TPSA) is 0 Å². The number of aryl methyl sites for hydroxylation is 2. The lowest BCUT2D eigenvalue weighted by Gasteiger charge is -2.42. The third-order valence-corrected chi connectivity index (χ3v) is 28.6. The summed E-state index contributed by atoms with van der Waals surface area (Å²) in [7, 11) is -3.39. The van der Waals surface area contributed by atoms with Crippen LogP contribution in [-0.2, 0) is 0 Å². The molecule has 0 saturated carbocycles. The fourth-order valence-electron chi connectivity index (χ4n) is 9.02. The highest BCUT2D eigenvalue weighted by Crippen LogP contribution is 2.47. The van der Waals surface area contributed by atoms with E-state index < -0.39 is 16.1 Å². The average Bonchev–Trinajstić information content (AvgIpc) is 3.41. The van der Waals surface area contributed by atoms with E-state index in [0.717, 1.165) is 33.2 Å². The fraction of sp³-hybridized carbons (Fsp3) is 0.588. The predicted molar refractivity (Wildman–Crippen MR) is 186 cm³/mol. The van der Waals surface area contributed by atoms with E-state index in [1.54, 1.807) is 9.00 Å². The molecule has 0 aliphatic heterocycles. The third kappa shape index (κ3) is 4.14. The van der Waals surface area contributed by atoms with Crippen LogP contribution < -0.4 is 9.00 Å². The minimum Gasteiger partial charge on any atom is -0.144 e. The Morgan fingerprint density at radius 3 is 0.921 bits per heavy atom. The van der Waals surface area contributed by atoms with Gasteiger partial charge in [-0.15, -0.1) is 22.7 Å². The third-order valence-electron chi connectivity index (χ3n) is 10.4. The molecule has 0 amide bonds. The minimum absolute atomic E-state index is 0.733. The van der Waals surface area contributed by atoms with Crippen LogP contribution >= 0.6 is 22.7 Å². The predicted octanol–water partition coefficient (Wildman–Crippen LogP) is 11.7. The van der Waals surface area contributed by atoms with Gasteiger partial charge in [0.25, 0.3) is 0 Å². The molecule has 0 aliphatic rings. The van der Waals surface area contributed by atoms with Gasteiger partial charge in [0.15, 0.2) is 0 Å². The molecule has 0 atom stereocenters. The van der Waals surface area contributed by atoms with Gasteiger partial charge in [0, 0.05) is 20.2 Å². The average molecular weight is 581 g/mol. The Balaban J connectivity index is 2.10. The zero-order valence-corrected chi connectivity index (χ0v) is 30.2. The second-order valence-corrected chi connectivity index (χ2v) is 28.5. The Hall–Kier alpha value is -0.946. The van der Waals surface area contributed by atoms with Crippen molar-refractivity contribution in [3.63, 3.8) is 0 Å². The van der Waals surface area contributed by atoms with Crippen LogP contribution in [0, 0.1) is 13.8 Å². The molecule has 0 N–H and O–H groups in total. The van der Waals surface area contributed by atoms with E-state index in [4.69, 9.17) is 0 Å². The van der Waals surface area contributed by atoms with Gasteiger partial charge in [-0.05, 0) is 102 Å². The van der Waals surface area contributed by atoms with Crippen LogP contribution in [0.5, 0.6) is 0 Å². The molecule has 0 spiro atoms. The maximum atomic E-state index is 2.63. The molecule has 2 heterocycles. The molecule has 0 radical (unpaired) electrons. The van der Waals surface area contributed by atoms with Crippen molar-refractivity contribution in [3.05, 3.63) is 35.4 Å². The highest BCUT2D eigenvalue weighted by molar-refractivity contribution is 7.34. The van der Waals surface area contributed by atoms with Gasteiger partial charge in [0.2, 0.25) is 0 Å². The van der Waals surface area contributed by atoms with Crippen molar-refractivity contribution in [3.8, 4) is 0 Å². The van der Waals surface area contributed by atoms with Crippen LogP contribution in [0.15, 0.2) is 24.3 Å². The lowest BCUT2D eigenvalue weighted by molar-refractivity contribution is 0.837. The molecule has 4 rings (SSSR count). The summed E-state index contributed by atoms with van der Waals surface area (Å²) in [5.41, 5.74) is 7.30. The van der Waals surface area contributed by atoms with E-state index in [-0.39, 0.29) is 0 Å². The van der Waals surface area contributed by atoms with Crippen molar-refractivity contribution < 1.29 is 0 Å². The maximum absolute atomic E-state index is 2.63. The van der Waals surface area contributed by atoms with Crippen LogP contribution in [0.2, 0.25) is 33.2 Å². The van der Waals surface area contributed by atoms with E-state index in [1.807, 2.05) is 0 Å². The van der Waals surface area contributed by atoms with Gasteiger partial charge in [-0.1, -0.05) is 83.1 Å². The summed E-state index contributed by atoms with van der Waals surface area (Å²) in [6.07, 6.45) is 0. The molecule has 208 valence electrons. The molecule has 0 aliphatic carbocycles. The van der Waals surface area contributed by atoms with Crippen molar-refractivity contribution >= 4 is 78.8 Å². The van der Waals surface area contributed by atoms with Gasteiger partial charge >= 0.3 is 0 Å². The van der Waals surface area contributed by atoms with Crippen LogP contribution in [0.1, 0.15) is 94.2 Å². The smallest absolute Gasteiger partial charge is 0.107 e. The number of fused-ring (bicyclic) bond motifs is 5. The first kappa shape index (κ1) is 30.0. The first-order valence-corrected chi connectivity index (χ1v) is 21.1. The molecule has 2 aromatic heterocycles.